The zero-order valence-electron chi connectivity index (χ0n) is 17.8. The van der Waals surface area contributed by atoms with Crippen LogP contribution in [0.1, 0.15) is 39.5 Å². The van der Waals surface area contributed by atoms with Crippen molar-refractivity contribution in [3.05, 3.63) is 94.5 Å². The number of carbonyl (C=O) groups is 1. The first-order valence-corrected chi connectivity index (χ1v) is 11.9. The van der Waals surface area contributed by atoms with Crippen LogP contribution in [0.2, 0.25) is 0 Å². The minimum atomic E-state index is -3.61. The predicted molar refractivity (Wildman–Crippen MR) is 123 cm³/mol. The molecular formula is C25H26N2O3S. The lowest BCUT2D eigenvalue weighted by atomic mass is 10.1. The van der Waals surface area contributed by atoms with Gasteiger partial charge in [-0.25, -0.2) is 13.1 Å². The summed E-state index contributed by atoms with van der Waals surface area (Å²) in [4.78, 5) is 15.1. The minimum absolute atomic E-state index is 0.0313. The van der Waals surface area contributed by atoms with Gasteiger partial charge in [0.25, 0.3) is 5.91 Å². The van der Waals surface area contributed by atoms with Crippen molar-refractivity contribution in [1.29, 1.82) is 0 Å². The molecule has 0 atom stereocenters. The number of sulfonamides is 1. The molecule has 1 heterocycles. The highest BCUT2D eigenvalue weighted by molar-refractivity contribution is 7.89. The Bertz CT molecular complexity index is 1220. The van der Waals surface area contributed by atoms with Crippen molar-refractivity contribution in [2.45, 2.75) is 38.1 Å². The number of benzene rings is 3. The molecule has 1 aliphatic heterocycles. The topological polar surface area (TPSA) is 66.5 Å². The highest BCUT2D eigenvalue weighted by Crippen LogP contribution is 2.30. The van der Waals surface area contributed by atoms with E-state index in [0.29, 0.717) is 12.1 Å². The molecule has 1 aliphatic rings. The fourth-order valence-electron chi connectivity index (χ4n) is 3.85. The number of carbonyl (C=O) groups excluding carboxylic acids is 1. The zero-order chi connectivity index (χ0) is 22.0. The van der Waals surface area contributed by atoms with E-state index in [9.17, 15) is 13.2 Å². The Morgan fingerprint density at radius 2 is 1.74 bits per heavy atom. The first-order chi connectivity index (χ1) is 14.9. The Labute approximate surface area is 183 Å². The van der Waals surface area contributed by atoms with Gasteiger partial charge in [-0.05, 0) is 66.8 Å². The predicted octanol–water partition coefficient (Wildman–Crippen LogP) is 4.24. The van der Waals surface area contributed by atoms with Gasteiger partial charge >= 0.3 is 0 Å². The third kappa shape index (κ3) is 4.55. The van der Waals surface area contributed by atoms with Crippen LogP contribution in [0.15, 0.2) is 71.6 Å². The Morgan fingerprint density at radius 3 is 2.45 bits per heavy atom. The van der Waals surface area contributed by atoms with Gasteiger partial charge in [0.2, 0.25) is 10.0 Å². The molecule has 0 fully saturated rings. The number of nitrogens with zero attached hydrogens (tertiary/aromatic N) is 1. The highest BCUT2D eigenvalue weighted by atomic mass is 32.2. The summed E-state index contributed by atoms with van der Waals surface area (Å²) in [6.45, 7) is 4.79. The molecule has 0 spiro atoms. The van der Waals surface area contributed by atoms with Crippen LogP contribution in [-0.2, 0) is 29.4 Å². The molecule has 0 aliphatic carbocycles. The van der Waals surface area contributed by atoms with Gasteiger partial charge in [0.15, 0.2) is 0 Å². The van der Waals surface area contributed by atoms with Crippen molar-refractivity contribution in [2.24, 2.45) is 0 Å². The van der Waals surface area contributed by atoms with Crippen LogP contribution >= 0.6 is 0 Å². The van der Waals surface area contributed by atoms with E-state index in [4.69, 9.17) is 0 Å². The molecule has 4 rings (SSSR count). The van der Waals surface area contributed by atoms with Gasteiger partial charge in [0.1, 0.15) is 0 Å². The van der Waals surface area contributed by atoms with Gasteiger partial charge in [-0.3, -0.25) is 4.79 Å². The van der Waals surface area contributed by atoms with E-state index in [2.05, 4.69) is 4.72 Å². The lowest BCUT2D eigenvalue weighted by Crippen LogP contribution is -2.29. The second kappa shape index (κ2) is 8.65. The number of amides is 1. The molecule has 0 saturated carbocycles. The molecule has 3 aromatic carbocycles. The summed E-state index contributed by atoms with van der Waals surface area (Å²) in [5, 5.41) is 0. The van der Waals surface area contributed by atoms with Crippen molar-refractivity contribution >= 4 is 21.6 Å². The fraction of sp³-hybridized carbons (Fsp3) is 0.240. The second-order valence-corrected chi connectivity index (χ2v) is 9.63. The molecule has 3 aromatic rings. The van der Waals surface area contributed by atoms with Gasteiger partial charge < -0.3 is 4.90 Å². The van der Waals surface area contributed by atoms with Crippen molar-refractivity contribution in [3.8, 4) is 0 Å². The number of fused-ring (bicyclic) bond motifs is 1. The molecule has 0 saturated heterocycles. The maximum atomic E-state index is 13.0. The lowest BCUT2D eigenvalue weighted by molar-refractivity contribution is 0.0989. The van der Waals surface area contributed by atoms with Crippen molar-refractivity contribution in [3.63, 3.8) is 0 Å². The summed E-state index contributed by atoms with van der Waals surface area (Å²) in [7, 11) is -3.61. The van der Waals surface area contributed by atoms with Crippen LogP contribution in [0.3, 0.4) is 0 Å². The molecule has 0 aromatic heterocycles. The maximum absolute atomic E-state index is 13.0. The number of rotatable bonds is 6. The standard InChI is InChI=1S/C25H26N2O3S/c1-3-19-8-11-23(12-9-19)31(29,30)26-17-20-7-10-21-13-14-27(24(21)16-20)25(28)22-6-4-5-18(2)15-22/h4-12,15-16,26H,3,13-14,17H2,1-2H3. The van der Waals surface area contributed by atoms with E-state index in [1.807, 2.05) is 68.4 Å². The molecule has 6 heteroatoms. The van der Waals surface area contributed by atoms with Crippen LogP contribution in [0.4, 0.5) is 5.69 Å². The SMILES string of the molecule is CCc1ccc(S(=O)(=O)NCc2ccc3c(c2)N(C(=O)c2cccc(C)c2)CC3)cc1. The monoisotopic (exact) mass is 434 g/mol. The molecule has 1 amide bonds. The van der Waals surface area contributed by atoms with Crippen LogP contribution in [0.25, 0.3) is 0 Å². The summed E-state index contributed by atoms with van der Waals surface area (Å²) in [6, 6.07) is 20.3. The summed E-state index contributed by atoms with van der Waals surface area (Å²) in [6.07, 6.45) is 1.66. The van der Waals surface area contributed by atoms with E-state index >= 15 is 0 Å². The maximum Gasteiger partial charge on any atom is 0.258 e. The quantitative estimate of drug-likeness (QED) is 0.631. The zero-order valence-corrected chi connectivity index (χ0v) is 18.6. The van der Waals surface area contributed by atoms with Crippen molar-refractivity contribution in [1.82, 2.24) is 4.72 Å². The molecule has 31 heavy (non-hydrogen) atoms. The van der Waals surface area contributed by atoms with E-state index in [0.717, 1.165) is 40.8 Å². The van der Waals surface area contributed by atoms with Gasteiger partial charge in [0, 0.05) is 24.3 Å². The van der Waals surface area contributed by atoms with Gasteiger partial charge in [-0.2, -0.15) is 0 Å². The van der Waals surface area contributed by atoms with Crippen LogP contribution < -0.4 is 9.62 Å². The summed E-state index contributed by atoms with van der Waals surface area (Å²) < 4.78 is 28.0. The molecule has 0 radical (unpaired) electrons. The molecule has 0 bridgehead atoms. The molecular weight excluding hydrogens is 408 g/mol. The van der Waals surface area contributed by atoms with E-state index < -0.39 is 10.0 Å². The van der Waals surface area contributed by atoms with Gasteiger partial charge in [0.05, 0.1) is 4.90 Å². The Morgan fingerprint density at radius 1 is 1.00 bits per heavy atom. The minimum Gasteiger partial charge on any atom is -0.308 e. The van der Waals surface area contributed by atoms with Gasteiger partial charge in [-0.1, -0.05) is 48.9 Å². The number of anilines is 1. The smallest absolute Gasteiger partial charge is 0.258 e. The summed E-state index contributed by atoms with van der Waals surface area (Å²) in [5.41, 5.74) is 5.57. The first-order valence-electron chi connectivity index (χ1n) is 10.5. The van der Waals surface area contributed by atoms with Crippen molar-refractivity contribution in [2.75, 3.05) is 11.4 Å². The van der Waals surface area contributed by atoms with Crippen LogP contribution in [-0.4, -0.2) is 20.9 Å². The lowest BCUT2D eigenvalue weighted by Gasteiger charge is -2.18. The number of hydrogen-bond donors (Lipinski definition) is 1. The number of aryl methyl sites for hydroxylation is 2. The van der Waals surface area contributed by atoms with Crippen molar-refractivity contribution < 1.29 is 13.2 Å². The Hall–Kier alpha value is -2.96. The summed E-state index contributed by atoms with van der Waals surface area (Å²) >= 11 is 0. The molecule has 1 N–H and O–H groups in total. The van der Waals surface area contributed by atoms with E-state index in [1.165, 1.54) is 0 Å². The Kier molecular flexibility index (Phi) is 5.94. The molecule has 0 unspecified atom stereocenters. The molecule has 5 nitrogen and oxygen atoms in total. The Balaban J connectivity index is 1.51. The third-order valence-electron chi connectivity index (χ3n) is 5.66. The van der Waals surface area contributed by atoms with Gasteiger partial charge in [-0.15, -0.1) is 0 Å². The average molecular weight is 435 g/mol. The molecule has 160 valence electrons. The number of hydrogen-bond acceptors (Lipinski definition) is 3. The van der Waals surface area contributed by atoms with Crippen LogP contribution in [0.5, 0.6) is 0 Å². The highest BCUT2D eigenvalue weighted by Gasteiger charge is 2.26. The second-order valence-electron chi connectivity index (χ2n) is 7.86. The average Bonchev–Trinajstić information content (AvgIpc) is 3.20. The third-order valence-corrected chi connectivity index (χ3v) is 7.08. The van der Waals surface area contributed by atoms with E-state index in [1.54, 1.807) is 17.0 Å². The first kappa shape index (κ1) is 21.3. The number of nitrogens with one attached hydrogen (secondary N) is 1. The normalized spacial score (nSPS) is 13.3. The summed E-state index contributed by atoms with van der Waals surface area (Å²) in [5.74, 6) is -0.0313. The largest absolute Gasteiger partial charge is 0.308 e. The fourth-order valence-corrected chi connectivity index (χ4v) is 4.86. The van der Waals surface area contributed by atoms with Crippen LogP contribution in [0, 0.1) is 6.92 Å². The van der Waals surface area contributed by atoms with E-state index in [-0.39, 0.29) is 17.3 Å².